The van der Waals surface area contributed by atoms with Gasteiger partial charge in [0.25, 0.3) is 5.91 Å². The zero-order valence-electron chi connectivity index (χ0n) is 16.7. The third-order valence-electron chi connectivity index (χ3n) is 5.32. The number of ether oxygens (including phenoxy) is 3. The Morgan fingerprint density at radius 3 is 2.62 bits per heavy atom. The highest BCUT2D eigenvalue weighted by Gasteiger charge is 2.26. The van der Waals surface area contributed by atoms with E-state index in [1.165, 1.54) is 5.56 Å². The number of amides is 1. The van der Waals surface area contributed by atoms with Crippen LogP contribution in [-0.2, 0) is 11.3 Å². The maximum absolute atomic E-state index is 12.8. The molecule has 0 bridgehead atoms. The van der Waals surface area contributed by atoms with Gasteiger partial charge in [-0.1, -0.05) is 17.7 Å². The van der Waals surface area contributed by atoms with Gasteiger partial charge in [-0.3, -0.25) is 9.69 Å². The van der Waals surface area contributed by atoms with Crippen LogP contribution in [0.5, 0.6) is 17.2 Å². The molecule has 2 aliphatic heterocycles. The van der Waals surface area contributed by atoms with Gasteiger partial charge in [0.15, 0.2) is 17.6 Å². The van der Waals surface area contributed by atoms with E-state index in [-0.39, 0.29) is 12.7 Å². The second kappa shape index (κ2) is 8.51. The highest BCUT2D eigenvalue weighted by atomic mass is 35.5. The van der Waals surface area contributed by atoms with Crippen molar-refractivity contribution in [3.8, 4) is 17.2 Å². The maximum Gasteiger partial charge on any atom is 0.263 e. The second-order valence-corrected chi connectivity index (χ2v) is 7.87. The van der Waals surface area contributed by atoms with E-state index in [2.05, 4.69) is 11.0 Å². The van der Waals surface area contributed by atoms with Gasteiger partial charge in [0.1, 0.15) is 5.75 Å². The average Bonchev–Trinajstić information content (AvgIpc) is 3.18. The number of halogens is 1. The van der Waals surface area contributed by atoms with Crippen molar-refractivity contribution >= 4 is 17.5 Å². The molecule has 0 saturated carbocycles. The molecule has 4 rings (SSSR count). The minimum atomic E-state index is -0.531. The van der Waals surface area contributed by atoms with Crippen molar-refractivity contribution in [2.24, 2.45) is 0 Å². The van der Waals surface area contributed by atoms with Gasteiger partial charge in [-0.2, -0.15) is 0 Å². The molecule has 1 amide bonds. The van der Waals surface area contributed by atoms with Crippen molar-refractivity contribution in [3.05, 3.63) is 52.5 Å². The Bertz CT molecular complexity index is 896. The highest BCUT2D eigenvalue weighted by Crippen LogP contribution is 2.33. The zero-order chi connectivity index (χ0) is 20.4. The number of aryl methyl sites for hydroxylation is 1. The monoisotopic (exact) mass is 416 g/mol. The largest absolute Gasteiger partial charge is 0.481 e. The molecule has 6 nitrogen and oxygen atoms in total. The quantitative estimate of drug-likeness (QED) is 0.746. The van der Waals surface area contributed by atoms with Crippen molar-refractivity contribution in [3.63, 3.8) is 0 Å². The summed E-state index contributed by atoms with van der Waals surface area (Å²) in [5.74, 6) is 2.28. The molecule has 1 unspecified atom stereocenters. The minimum absolute atomic E-state index is 0.0142. The maximum atomic E-state index is 12.8. The van der Waals surface area contributed by atoms with E-state index in [4.69, 9.17) is 25.8 Å². The van der Waals surface area contributed by atoms with Crippen molar-refractivity contribution in [1.29, 1.82) is 0 Å². The standard InChI is InChI=1S/C22H25ClN2O4/c1-15-11-18(4-5-19(15)23)29-16(2)22(26)25-9-7-24(8-10-25)13-17-3-6-20-21(12-17)28-14-27-20/h3-6,11-12,16H,7-10,13-14H2,1-2H3. The molecule has 2 aromatic rings. The van der Waals surface area contributed by atoms with E-state index in [1.54, 1.807) is 19.1 Å². The van der Waals surface area contributed by atoms with Crippen molar-refractivity contribution in [2.75, 3.05) is 33.0 Å². The van der Waals surface area contributed by atoms with Crippen molar-refractivity contribution in [2.45, 2.75) is 26.5 Å². The molecule has 2 heterocycles. The van der Waals surface area contributed by atoms with Crippen LogP contribution in [0.2, 0.25) is 5.02 Å². The lowest BCUT2D eigenvalue weighted by Crippen LogP contribution is -2.51. The second-order valence-electron chi connectivity index (χ2n) is 7.46. The highest BCUT2D eigenvalue weighted by molar-refractivity contribution is 6.31. The normalized spacial score (nSPS) is 17.3. The fourth-order valence-corrected chi connectivity index (χ4v) is 3.74. The van der Waals surface area contributed by atoms with Gasteiger partial charge in [-0.25, -0.2) is 0 Å². The number of nitrogens with zero attached hydrogens (tertiary/aromatic N) is 2. The average molecular weight is 417 g/mol. The molecule has 2 aromatic carbocycles. The lowest BCUT2D eigenvalue weighted by atomic mass is 10.1. The van der Waals surface area contributed by atoms with Crippen LogP contribution >= 0.6 is 11.6 Å². The molecule has 1 atom stereocenters. The molecule has 154 valence electrons. The van der Waals surface area contributed by atoms with Crippen LogP contribution in [0.15, 0.2) is 36.4 Å². The molecule has 1 saturated heterocycles. The molecule has 7 heteroatoms. The van der Waals surface area contributed by atoms with Crippen LogP contribution in [0.3, 0.4) is 0 Å². The molecular formula is C22H25ClN2O4. The molecule has 0 radical (unpaired) electrons. The first-order chi connectivity index (χ1) is 14.0. The van der Waals surface area contributed by atoms with E-state index in [0.29, 0.717) is 23.9 Å². The third kappa shape index (κ3) is 4.60. The van der Waals surface area contributed by atoms with Gasteiger partial charge in [0.05, 0.1) is 0 Å². The molecule has 0 aliphatic carbocycles. The summed E-state index contributed by atoms with van der Waals surface area (Å²) in [5.41, 5.74) is 2.12. The Hall–Kier alpha value is -2.44. The summed E-state index contributed by atoms with van der Waals surface area (Å²) in [7, 11) is 0. The summed E-state index contributed by atoms with van der Waals surface area (Å²) in [4.78, 5) is 17.0. The summed E-state index contributed by atoms with van der Waals surface area (Å²) < 4.78 is 16.7. The van der Waals surface area contributed by atoms with Gasteiger partial charge >= 0.3 is 0 Å². The van der Waals surface area contributed by atoms with Crippen LogP contribution in [0, 0.1) is 6.92 Å². The van der Waals surface area contributed by atoms with Crippen LogP contribution in [0.4, 0.5) is 0 Å². The summed E-state index contributed by atoms with van der Waals surface area (Å²) >= 11 is 6.05. The van der Waals surface area contributed by atoms with Crippen LogP contribution in [-0.4, -0.2) is 54.8 Å². The Morgan fingerprint density at radius 1 is 1.10 bits per heavy atom. The molecule has 0 aromatic heterocycles. The van der Waals surface area contributed by atoms with E-state index in [1.807, 2.05) is 30.0 Å². The Balaban J connectivity index is 1.28. The Morgan fingerprint density at radius 2 is 1.86 bits per heavy atom. The number of carbonyl (C=O) groups excluding carboxylic acids is 1. The van der Waals surface area contributed by atoms with Crippen molar-refractivity contribution in [1.82, 2.24) is 9.80 Å². The van der Waals surface area contributed by atoms with Crippen molar-refractivity contribution < 1.29 is 19.0 Å². The van der Waals surface area contributed by atoms with Crippen LogP contribution in [0.1, 0.15) is 18.1 Å². The summed E-state index contributed by atoms with van der Waals surface area (Å²) in [6, 6.07) is 11.5. The fraction of sp³-hybridized carbons (Fsp3) is 0.409. The van der Waals surface area contributed by atoms with Crippen LogP contribution in [0.25, 0.3) is 0 Å². The molecule has 1 fully saturated rings. The molecule has 0 N–H and O–H groups in total. The predicted molar refractivity (Wildman–Crippen MR) is 111 cm³/mol. The Kier molecular flexibility index (Phi) is 5.83. The molecular weight excluding hydrogens is 392 g/mol. The fourth-order valence-electron chi connectivity index (χ4n) is 3.63. The number of rotatable bonds is 5. The number of fused-ring (bicyclic) bond motifs is 1. The first kappa shape index (κ1) is 19.9. The number of hydrogen-bond acceptors (Lipinski definition) is 5. The first-order valence-electron chi connectivity index (χ1n) is 9.82. The van der Waals surface area contributed by atoms with Gasteiger partial charge in [-0.15, -0.1) is 0 Å². The minimum Gasteiger partial charge on any atom is -0.481 e. The van der Waals surface area contributed by atoms with Gasteiger partial charge in [0, 0.05) is 37.7 Å². The number of hydrogen-bond donors (Lipinski definition) is 0. The third-order valence-corrected chi connectivity index (χ3v) is 5.74. The van der Waals surface area contributed by atoms with Crippen LogP contribution < -0.4 is 14.2 Å². The van der Waals surface area contributed by atoms with E-state index < -0.39 is 6.10 Å². The van der Waals surface area contributed by atoms with Gasteiger partial charge < -0.3 is 19.1 Å². The number of carbonyl (C=O) groups is 1. The lowest BCUT2D eigenvalue weighted by molar-refractivity contribution is -0.139. The SMILES string of the molecule is Cc1cc(OC(C)C(=O)N2CCN(Cc3ccc4c(c3)OCO4)CC2)ccc1Cl. The molecule has 29 heavy (non-hydrogen) atoms. The Labute approximate surface area is 175 Å². The van der Waals surface area contributed by atoms with E-state index in [9.17, 15) is 4.79 Å². The van der Waals surface area contributed by atoms with Gasteiger partial charge in [-0.05, 0) is 55.3 Å². The molecule has 2 aliphatic rings. The lowest BCUT2D eigenvalue weighted by Gasteiger charge is -2.36. The zero-order valence-corrected chi connectivity index (χ0v) is 17.4. The summed E-state index contributed by atoms with van der Waals surface area (Å²) in [6.45, 7) is 7.86. The summed E-state index contributed by atoms with van der Waals surface area (Å²) in [6.07, 6.45) is -0.531. The van der Waals surface area contributed by atoms with E-state index >= 15 is 0 Å². The number of benzene rings is 2. The smallest absolute Gasteiger partial charge is 0.263 e. The summed E-state index contributed by atoms with van der Waals surface area (Å²) in [5, 5.41) is 0.690. The molecule has 0 spiro atoms. The van der Waals surface area contributed by atoms with Gasteiger partial charge in [0.2, 0.25) is 6.79 Å². The predicted octanol–water partition coefficient (Wildman–Crippen LogP) is 3.49. The first-order valence-corrected chi connectivity index (χ1v) is 10.2. The topological polar surface area (TPSA) is 51.2 Å². The number of piperazine rings is 1. The van der Waals surface area contributed by atoms with E-state index in [0.717, 1.165) is 36.7 Å².